The topological polar surface area (TPSA) is 49.9 Å². The Balaban J connectivity index is 1.95. The molecule has 5 heteroatoms. The van der Waals surface area contributed by atoms with E-state index in [1.54, 1.807) is 16.9 Å². The molecule has 0 aliphatic carbocycles. The van der Waals surface area contributed by atoms with E-state index >= 15 is 0 Å². The number of benzene rings is 1. The van der Waals surface area contributed by atoms with Crippen molar-refractivity contribution in [2.75, 3.05) is 25.1 Å². The first-order valence-corrected chi connectivity index (χ1v) is 7.46. The first kappa shape index (κ1) is 13.9. The molecule has 0 bridgehead atoms. The van der Waals surface area contributed by atoms with Crippen molar-refractivity contribution in [1.29, 1.82) is 0 Å². The van der Waals surface area contributed by atoms with E-state index in [0.29, 0.717) is 25.3 Å². The van der Waals surface area contributed by atoms with Crippen LogP contribution in [0.5, 0.6) is 5.75 Å². The number of anilines is 1. The van der Waals surface area contributed by atoms with Crippen LogP contribution in [0.4, 0.5) is 5.69 Å². The number of piperidine rings is 1. The standard InChI is InChI=1S/C16H20N2O3/c1-21-14-8-3-2-6-12(14)18-11-9-15(19)17-10-5-4-7-13(17)16(18)20/h2-3,6,8,13H,4-5,7,9-11H2,1H3. The molecule has 3 rings (SSSR count). The van der Waals surface area contributed by atoms with Crippen molar-refractivity contribution in [2.45, 2.75) is 31.7 Å². The predicted octanol–water partition coefficient (Wildman–Crippen LogP) is 1.81. The summed E-state index contributed by atoms with van der Waals surface area (Å²) < 4.78 is 5.36. The van der Waals surface area contributed by atoms with Gasteiger partial charge >= 0.3 is 0 Å². The number of hydrogen-bond acceptors (Lipinski definition) is 3. The number of nitrogens with zero attached hydrogens (tertiary/aromatic N) is 2. The summed E-state index contributed by atoms with van der Waals surface area (Å²) in [6.45, 7) is 1.13. The van der Waals surface area contributed by atoms with Gasteiger partial charge in [-0.2, -0.15) is 0 Å². The molecule has 1 aromatic carbocycles. The maximum atomic E-state index is 12.9. The molecule has 0 spiro atoms. The summed E-state index contributed by atoms with van der Waals surface area (Å²) in [6.07, 6.45) is 3.13. The van der Waals surface area contributed by atoms with Crippen molar-refractivity contribution in [1.82, 2.24) is 4.90 Å². The summed E-state index contributed by atoms with van der Waals surface area (Å²) in [5.41, 5.74) is 0.755. The van der Waals surface area contributed by atoms with Gasteiger partial charge in [0.05, 0.1) is 12.8 Å². The van der Waals surface area contributed by atoms with Crippen LogP contribution in [0.2, 0.25) is 0 Å². The van der Waals surface area contributed by atoms with E-state index in [2.05, 4.69) is 0 Å². The van der Waals surface area contributed by atoms with Gasteiger partial charge in [-0.3, -0.25) is 9.59 Å². The van der Waals surface area contributed by atoms with Gasteiger partial charge in [0, 0.05) is 19.5 Å². The lowest BCUT2D eigenvalue weighted by atomic mass is 10.0. The highest BCUT2D eigenvalue weighted by Crippen LogP contribution is 2.32. The number of methoxy groups -OCH3 is 1. The first-order chi connectivity index (χ1) is 10.2. The van der Waals surface area contributed by atoms with Gasteiger partial charge < -0.3 is 14.5 Å². The van der Waals surface area contributed by atoms with Crippen LogP contribution >= 0.6 is 0 Å². The van der Waals surface area contributed by atoms with Gasteiger partial charge in [-0.15, -0.1) is 0 Å². The summed E-state index contributed by atoms with van der Waals surface area (Å²) in [4.78, 5) is 28.6. The van der Waals surface area contributed by atoms with Crippen molar-refractivity contribution < 1.29 is 14.3 Å². The highest BCUT2D eigenvalue weighted by atomic mass is 16.5. The van der Waals surface area contributed by atoms with Crippen LogP contribution in [0, 0.1) is 0 Å². The zero-order valence-corrected chi connectivity index (χ0v) is 12.2. The number of ether oxygens (including phenoxy) is 1. The summed E-state index contributed by atoms with van der Waals surface area (Å²) in [7, 11) is 1.60. The molecule has 5 nitrogen and oxygen atoms in total. The number of carbonyl (C=O) groups is 2. The van der Waals surface area contributed by atoms with Gasteiger partial charge in [-0.05, 0) is 31.4 Å². The number of fused-ring (bicyclic) bond motifs is 1. The van der Waals surface area contributed by atoms with Crippen LogP contribution in [0.15, 0.2) is 24.3 Å². The molecule has 112 valence electrons. The molecule has 1 unspecified atom stereocenters. The Morgan fingerprint density at radius 3 is 2.76 bits per heavy atom. The second-order valence-electron chi connectivity index (χ2n) is 5.51. The van der Waals surface area contributed by atoms with Crippen LogP contribution in [0.25, 0.3) is 0 Å². The van der Waals surface area contributed by atoms with Crippen LogP contribution in [-0.4, -0.2) is 43.0 Å². The zero-order valence-electron chi connectivity index (χ0n) is 12.2. The van der Waals surface area contributed by atoms with Crippen LogP contribution < -0.4 is 9.64 Å². The fourth-order valence-corrected chi connectivity index (χ4v) is 3.22. The molecule has 0 aromatic heterocycles. The van der Waals surface area contributed by atoms with E-state index in [0.717, 1.165) is 24.9 Å². The monoisotopic (exact) mass is 288 g/mol. The Bertz CT molecular complexity index is 558. The lowest BCUT2D eigenvalue weighted by Crippen LogP contribution is -2.49. The second-order valence-corrected chi connectivity index (χ2v) is 5.51. The van der Waals surface area contributed by atoms with Crippen LogP contribution in [0.3, 0.4) is 0 Å². The molecule has 1 aromatic rings. The number of hydrogen-bond donors (Lipinski definition) is 0. The fraction of sp³-hybridized carbons (Fsp3) is 0.500. The quantitative estimate of drug-likeness (QED) is 0.834. The van der Waals surface area contributed by atoms with Crippen molar-refractivity contribution >= 4 is 17.5 Å². The first-order valence-electron chi connectivity index (χ1n) is 7.46. The third-order valence-electron chi connectivity index (χ3n) is 4.30. The predicted molar refractivity (Wildman–Crippen MR) is 79.3 cm³/mol. The molecule has 2 saturated heterocycles. The molecular formula is C16H20N2O3. The highest BCUT2D eigenvalue weighted by molar-refractivity contribution is 6.02. The van der Waals surface area contributed by atoms with E-state index in [9.17, 15) is 9.59 Å². The summed E-state index contributed by atoms with van der Waals surface area (Å²) in [5.74, 6) is 0.776. The molecule has 0 saturated carbocycles. The Morgan fingerprint density at radius 2 is 1.95 bits per heavy atom. The van der Waals surface area contributed by atoms with Crippen molar-refractivity contribution in [3.8, 4) is 5.75 Å². The minimum absolute atomic E-state index is 0.0186. The molecule has 2 aliphatic heterocycles. The maximum Gasteiger partial charge on any atom is 0.249 e. The molecule has 2 fully saturated rings. The second kappa shape index (κ2) is 5.76. The van der Waals surface area contributed by atoms with E-state index in [1.165, 1.54) is 0 Å². The smallest absolute Gasteiger partial charge is 0.249 e. The van der Waals surface area contributed by atoms with Gasteiger partial charge in [0.1, 0.15) is 11.8 Å². The third-order valence-corrected chi connectivity index (χ3v) is 4.30. The molecular weight excluding hydrogens is 268 g/mol. The van der Waals surface area contributed by atoms with Crippen LogP contribution in [0.1, 0.15) is 25.7 Å². The van der Waals surface area contributed by atoms with Crippen LogP contribution in [-0.2, 0) is 9.59 Å². The number of para-hydroxylation sites is 2. The van der Waals surface area contributed by atoms with Gasteiger partial charge in [0.15, 0.2) is 0 Å². The average Bonchev–Trinajstić information content (AvgIpc) is 2.66. The molecule has 21 heavy (non-hydrogen) atoms. The highest BCUT2D eigenvalue weighted by Gasteiger charge is 2.38. The molecule has 0 radical (unpaired) electrons. The SMILES string of the molecule is COc1ccccc1N1CCC(=O)N2CCCCC2C1=O. The molecule has 2 heterocycles. The minimum atomic E-state index is -0.307. The van der Waals surface area contributed by atoms with Crippen molar-refractivity contribution in [3.63, 3.8) is 0 Å². The van der Waals surface area contributed by atoms with Crippen molar-refractivity contribution in [3.05, 3.63) is 24.3 Å². The molecule has 2 amide bonds. The zero-order chi connectivity index (χ0) is 14.8. The number of amides is 2. The summed E-state index contributed by atoms with van der Waals surface area (Å²) >= 11 is 0. The molecule has 1 atom stereocenters. The largest absolute Gasteiger partial charge is 0.495 e. The normalized spacial score (nSPS) is 22.8. The Labute approximate surface area is 124 Å². The maximum absolute atomic E-state index is 12.9. The lowest BCUT2D eigenvalue weighted by Gasteiger charge is -2.34. The van der Waals surface area contributed by atoms with Gasteiger partial charge in [-0.1, -0.05) is 12.1 Å². The van der Waals surface area contributed by atoms with E-state index in [1.807, 2.05) is 24.3 Å². The third kappa shape index (κ3) is 2.48. The Kier molecular flexibility index (Phi) is 3.82. The Morgan fingerprint density at radius 1 is 1.14 bits per heavy atom. The van der Waals surface area contributed by atoms with E-state index in [4.69, 9.17) is 4.74 Å². The van der Waals surface area contributed by atoms with Gasteiger partial charge in [0.2, 0.25) is 11.8 Å². The summed E-state index contributed by atoms with van der Waals surface area (Å²) in [6, 6.07) is 7.17. The van der Waals surface area contributed by atoms with Gasteiger partial charge in [0.25, 0.3) is 0 Å². The number of rotatable bonds is 2. The van der Waals surface area contributed by atoms with Gasteiger partial charge in [-0.25, -0.2) is 0 Å². The lowest BCUT2D eigenvalue weighted by molar-refractivity contribution is -0.138. The van der Waals surface area contributed by atoms with E-state index in [-0.39, 0.29) is 17.9 Å². The molecule has 0 N–H and O–H groups in total. The minimum Gasteiger partial charge on any atom is -0.495 e. The number of carbonyl (C=O) groups excluding carboxylic acids is 2. The average molecular weight is 288 g/mol. The Hall–Kier alpha value is -2.04. The summed E-state index contributed by atoms with van der Waals surface area (Å²) in [5, 5.41) is 0. The molecule has 2 aliphatic rings. The van der Waals surface area contributed by atoms with E-state index < -0.39 is 0 Å². The fourth-order valence-electron chi connectivity index (χ4n) is 3.22. The van der Waals surface area contributed by atoms with Crippen molar-refractivity contribution in [2.24, 2.45) is 0 Å².